The molecule has 0 radical (unpaired) electrons. The number of carbonyl (C=O) groups excluding carboxylic acids is 1. The Morgan fingerprint density at radius 1 is 1.19 bits per heavy atom. The van der Waals surface area contributed by atoms with Crippen molar-refractivity contribution >= 4 is 33.1 Å². The van der Waals surface area contributed by atoms with Gasteiger partial charge in [-0.1, -0.05) is 26.0 Å². The molecule has 172 valence electrons. The van der Waals surface area contributed by atoms with Crippen LogP contribution in [0.5, 0.6) is 0 Å². The Kier molecular flexibility index (Phi) is 7.04. The van der Waals surface area contributed by atoms with Gasteiger partial charge in [0.1, 0.15) is 17.2 Å². The van der Waals surface area contributed by atoms with Crippen molar-refractivity contribution in [1.82, 2.24) is 14.5 Å². The molecule has 0 aliphatic heterocycles. The fourth-order valence-corrected chi connectivity index (χ4v) is 4.51. The number of amides is 1. The summed E-state index contributed by atoms with van der Waals surface area (Å²) in [4.78, 5) is 34.3. The number of hydrogen-bond acceptors (Lipinski definition) is 5. The lowest BCUT2D eigenvalue weighted by Gasteiger charge is -2.20. The van der Waals surface area contributed by atoms with E-state index in [0.29, 0.717) is 22.6 Å². The van der Waals surface area contributed by atoms with E-state index in [2.05, 4.69) is 10.3 Å². The number of fused-ring (bicyclic) bond motifs is 1. The van der Waals surface area contributed by atoms with Crippen LogP contribution in [0.25, 0.3) is 10.2 Å². The van der Waals surface area contributed by atoms with E-state index in [1.165, 1.54) is 34.1 Å². The first-order chi connectivity index (χ1) is 15.1. The molecule has 0 aliphatic rings. The molecule has 0 unspecified atom stereocenters. The van der Waals surface area contributed by atoms with Crippen molar-refractivity contribution in [3.8, 4) is 0 Å². The molecule has 32 heavy (non-hydrogen) atoms. The predicted octanol–water partition coefficient (Wildman–Crippen LogP) is 4.57. The number of alkyl halides is 3. The average Bonchev–Trinajstić information content (AvgIpc) is 3.02. The van der Waals surface area contributed by atoms with Crippen LogP contribution in [-0.4, -0.2) is 33.4 Å². The summed E-state index contributed by atoms with van der Waals surface area (Å²) in [6, 6.07) is 4.76. The molecule has 3 aromatic rings. The van der Waals surface area contributed by atoms with Crippen molar-refractivity contribution in [2.45, 2.75) is 47.0 Å². The van der Waals surface area contributed by atoms with Crippen LogP contribution in [0.1, 0.15) is 35.7 Å². The summed E-state index contributed by atoms with van der Waals surface area (Å²) < 4.78 is 41.1. The van der Waals surface area contributed by atoms with Crippen molar-refractivity contribution in [3.05, 3.63) is 56.4 Å². The lowest BCUT2D eigenvalue weighted by molar-refractivity contribution is -0.137. The third kappa shape index (κ3) is 4.86. The molecule has 1 amide bonds. The number of hydrogen-bond donors (Lipinski definition) is 1. The molecule has 0 saturated carbocycles. The van der Waals surface area contributed by atoms with Gasteiger partial charge in [0.15, 0.2) is 0 Å². The highest BCUT2D eigenvalue weighted by Crippen LogP contribution is 2.34. The topological polar surface area (TPSA) is 67.2 Å². The molecule has 3 rings (SSSR count). The second-order valence-electron chi connectivity index (χ2n) is 7.44. The number of aryl methyl sites for hydroxylation is 2. The van der Waals surface area contributed by atoms with E-state index in [9.17, 15) is 22.8 Å². The zero-order valence-electron chi connectivity index (χ0n) is 18.3. The quantitative estimate of drug-likeness (QED) is 0.554. The summed E-state index contributed by atoms with van der Waals surface area (Å²) in [5.41, 5.74) is -0.853. The SMILES string of the molecule is CCN(CC)Cc1nc2sc(C)c(C)c2c(=O)n1CC(=O)Nc1ccccc1C(F)(F)F. The third-order valence-electron chi connectivity index (χ3n) is 5.44. The van der Waals surface area contributed by atoms with E-state index in [1.54, 1.807) is 0 Å². The standard InChI is InChI=1S/C22H25F3N4O2S/c1-5-28(6-2)11-17-27-20-19(13(3)14(4)32-20)21(31)29(17)12-18(30)26-16-10-8-7-9-15(16)22(23,24)25/h7-10H,5-6,11-12H2,1-4H3,(H,26,30). The summed E-state index contributed by atoms with van der Waals surface area (Å²) in [5.74, 6) is -0.318. The summed E-state index contributed by atoms with van der Waals surface area (Å²) in [5, 5.41) is 2.76. The van der Waals surface area contributed by atoms with Gasteiger partial charge in [0, 0.05) is 4.88 Å². The van der Waals surface area contributed by atoms with Gasteiger partial charge in [-0.2, -0.15) is 13.2 Å². The number of rotatable bonds is 7. The first kappa shape index (κ1) is 23.9. The minimum absolute atomic E-state index is 0.347. The predicted molar refractivity (Wildman–Crippen MR) is 120 cm³/mol. The molecule has 2 heterocycles. The van der Waals surface area contributed by atoms with Crippen LogP contribution in [0.4, 0.5) is 18.9 Å². The lowest BCUT2D eigenvalue weighted by Crippen LogP contribution is -2.34. The monoisotopic (exact) mass is 466 g/mol. The zero-order chi connectivity index (χ0) is 23.6. The Balaban J connectivity index is 2.02. The number of aromatic nitrogens is 2. The average molecular weight is 467 g/mol. The number of carbonyl (C=O) groups is 1. The molecule has 10 heteroatoms. The maximum Gasteiger partial charge on any atom is 0.418 e. The van der Waals surface area contributed by atoms with E-state index in [0.717, 1.165) is 29.6 Å². The van der Waals surface area contributed by atoms with Gasteiger partial charge in [0.05, 0.1) is 23.2 Å². The molecule has 6 nitrogen and oxygen atoms in total. The van der Waals surface area contributed by atoms with Gasteiger partial charge in [-0.3, -0.25) is 19.1 Å². The highest BCUT2D eigenvalue weighted by molar-refractivity contribution is 7.18. The third-order valence-corrected chi connectivity index (χ3v) is 6.54. The molecule has 1 N–H and O–H groups in total. The van der Waals surface area contributed by atoms with Gasteiger partial charge in [-0.25, -0.2) is 4.98 Å². The van der Waals surface area contributed by atoms with Crippen molar-refractivity contribution in [2.75, 3.05) is 18.4 Å². The number of nitrogens with one attached hydrogen (secondary N) is 1. The van der Waals surface area contributed by atoms with Gasteiger partial charge < -0.3 is 5.32 Å². The molecule has 2 aromatic heterocycles. The van der Waals surface area contributed by atoms with Crippen LogP contribution in [0.2, 0.25) is 0 Å². The van der Waals surface area contributed by atoms with Crippen molar-refractivity contribution in [1.29, 1.82) is 0 Å². The molecule has 0 spiro atoms. The number of benzene rings is 1. The first-order valence-corrected chi connectivity index (χ1v) is 11.1. The van der Waals surface area contributed by atoms with Crippen LogP contribution in [0, 0.1) is 13.8 Å². The van der Waals surface area contributed by atoms with Crippen molar-refractivity contribution < 1.29 is 18.0 Å². The molecule has 1 aromatic carbocycles. The minimum Gasteiger partial charge on any atom is -0.324 e. The minimum atomic E-state index is -4.61. The first-order valence-electron chi connectivity index (χ1n) is 10.2. The summed E-state index contributed by atoms with van der Waals surface area (Å²) in [6.07, 6.45) is -4.61. The second kappa shape index (κ2) is 9.41. The normalized spacial score (nSPS) is 12.0. The maximum atomic E-state index is 13.3. The number of halogens is 3. The Hall–Kier alpha value is -2.72. The van der Waals surface area contributed by atoms with E-state index in [-0.39, 0.29) is 11.2 Å². The van der Waals surface area contributed by atoms with Gasteiger partial charge in [0.2, 0.25) is 5.91 Å². The number of thiophene rings is 1. The summed E-state index contributed by atoms with van der Waals surface area (Å²) in [7, 11) is 0. The highest BCUT2D eigenvalue weighted by Gasteiger charge is 2.33. The Labute approximate surface area is 187 Å². The van der Waals surface area contributed by atoms with E-state index >= 15 is 0 Å². The van der Waals surface area contributed by atoms with Gasteiger partial charge in [-0.15, -0.1) is 11.3 Å². The van der Waals surface area contributed by atoms with Gasteiger partial charge in [-0.05, 0) is 44.6 Å². The van der Waals surface area contributed by atoms with Crippen LogP contribution in [0.15, 0.2) is 29.1 Å². The maximum absolute atomic E-state index is 13.3. The molecule has 0 fully saturated rings. The Bertz CT molecular complexity index is 1200. The molecular formula is C22H25F3N4O2S. The van der Waals surface area contributed by atoms with E-state index in [4.69, 9.17) is 0 Å². The van der Waals surface area contributed by atoms with Crippen LogP contribution < -0.4 is 10.9 Å². The molecule has 0 aliphatic carbocycles. The van der Waals surface area contributed by atoms with Gasteiger partial charge >= 0.3 is 6.18 Å². The summed E-state index contributed by atoms with van der Waals surface area (Å²) in [6.45, 7) is 9.03. The lowest BCUT2D eigenvalue weighted by atomic mass is 10.1. The number of para-hydroxylation sites is 1. The zero-order valence-corrected chi connectivity index (χ0v) is 19.2. The molecule has 0 atom stereocenters. The number of nitrogens with zero attached hydrogens (tertiary/aromatic N) is 3. The van der Waals surface area contributed by atoms with E-state index in [1.807, 2.05) is 32.6 Å². The Morgan fingerprint density at radius 3 is 2.47 bits per heavy atom. The van der Waals surface area contributed by atoms with E-state index < -0.39 is 24.2 Å². The second-order valence-corrected chi connectivity index (χ2v) is 8.64. The fraction of sp³-hybridized carbons (Fsp3) is 0.409. The molecule has 0 bridgehead atoms. The fourth-order valence-electron chi connectivity index (χ4n) is 3.47. The highest BCUT2D eigenvalue weighted by atomic mass is 32.1. The summed E-state index contributed by atoms with van der Waals surface area (Å²) >= 11 is 1.42. The van der Waals surface area contributed by atoms with Crippen LogP contribution in [0.3, 0.4) is 0 Å². The van der Waals surface area contributed by atoms with Crippen molar-refractivity contribution in [2.24, 2.45) is 0 Å². The van der Waals surface area contributed by atoms with Crippen molar-refractivity contribution in [3.63, 3.8) is 0 Å². The van der Waals surface area contributed by atoms with Crippen LogP contribution in [-0.2, 0) is 24.1 Å². The largest absolute Gasteiger partial charge is 0.418 e. The smallest absolute Gasteiger partial charge is 0.324 e. The molecular weight excluding hydrogens is 441 g/mol. The number of anilines is 1. The van der Waals surface area contributed by atoms with Crippen LogP contribution >= 0.6 is 11.3 Å². The van der Waals surface area contributed by atoms with Gasteiger partial charge in [0.25, 0.3) is 5.56 Å². The molecule has 0 saturated heterocycles. The Morgan fingerprint density at radius 2 is 1.84 bits per heavy atom.